The monoisotopic (exact) mass is 360 g/mol. The van der Waals surface area contributed by atoms with Crippen molar-refractivity contribution in [3.8, 4) is 0 Å². The summed E-state index contributed by atoms with van der Waals surface area (Å²) in [7, 11) is -3.38. The summed E-state index contributed by atoms with van der Waals surface area (Å²) in [6, 6.07) is 5.40. The Labute approximate surface area is 129 Å². The number of hydrogen-bond acceptors (Lipinski definition) is 3. The second kappa shape index (κ2) is 6.56. The standard InChI is InChI=1S/C14H21BrN2O2S/c1-3-6-16-7-9-17(10-8-16)20(18,19)14-11-13(15)5-4-12(14)2/h4-5,11H,3,6-10H2,1-2H3. The second-order valence-electron chi connectivity index (χ2n) is 5.16. The Kier molecular flexibility index (Phi) is 5.23. The third kappa shape index (κ3) is 3.42. The zero-order valence-electron chi connectivity index (χ0n) is 12.0. The lowest BCUT2D eigenvalue weighted by Gasteiger charge is -2.34. The van der Waals surface area contributed by atoms with Crippen molar-refractivity contribution in [1.29, 1.82) is 0 Å². The molecule has 4 nitrogen and oxygen atoms in total. The summed E-state index contributed by atoms with van der Waals surface area (Å²) >= 11 is 3.35. The molecule has 0 spiro atoms. The Morgan fingerprint density at radius 3 is 2.45 bits per heavy atom. The molecule has 6 heteroatoms. The second-order valence-corrected chi connectivity index (χ2v) is 7.98. The Bertz CT molecular complexity index is 567. The number of benzene rings is 1. The van der Waals surface area contributed by atoms with Crippen LogP contribution in [0.2, 0.25) is 0 Å². The van der Waals surface area contributed by atoms with Crippen LogP contribution >= 0.6 is 15.9 Å². The van der Waals surface area contributed by atoms with Crippen molar-refractivity contribution in [2.75, 3.05) is 32.7 Å². The van der Waals surface area contributed by atoms with E-state index in [9.17, 15) is 8.42 Å². The van der Waals surface area contributed by atoms with Gasteiger partial charge >= 0.3 is 0 Å². The van der Waals surface area contributed by atoms with E-state index in [0.717, 1.165) is 36.1 Å². The average Bonchev–Trinajstić information content (AvgIpc) is 2.42. The first-order valence-corrected chi connectivity index (χ1v) is 9.17. The van der Waals surface area contributed by atoms with Gasteiger partial charge in [-0.1, -0.05) is 28.9 Å². The maximum absolute atomic E-state index is 12.7. The zero-order chi connectivity index (χ0) is 14.8. The number of rotatable bonds is 4. The minimum atomic E-state index is -3.38. The minimum absolute atomic E-state index is 0.413. The quantitative estimate of drug-likeness (QED) is 0.827. The highest BCUT2D eigenvalue weighted by atomic mass is 79.9. The molecule has 2 rings (SSSR count). The molecule has 20 heavy (non-hydrogen) atoms. The van der Waals surface area contributed by atoms with Crippen LogP contribution in [0.3, 0.4) is 0 Å². The minimum Gasteiger partial charge on any atom is -0.301 e. The van der Waals surface area contributed by atoms with Gasteiger partial charge in [-0.05, 0) is 37.6 Å². The van der Waals surface area contributed by atoms with Crippen molar-refractivity contribution in [3.63, 3.8) is 0 Å². The molecule has 1 saturated heterocycles. The normalized spacial score (nSPS) is 18.4. The highest BCUT2D eigenvalue weighted by Crippen LogP contribution is 2.24. The molecule has 1 aromatic carbocycles. The van der Waals surface area contributed by atoms with Crippen LogP contribution in [0.4, 0.5) is 0 Å². The first kappa shape index (κ1) is 15.9. The van der Waals surface area contributed by atoms with E-state index in [0.29, 0.717) is 18.0 Å². The van der Waals surface area contributed by atoms with Gasteiger partial charge in [-0.15, -0.1) is 0 Å². The fraction of sp³-hybridized carbons (Fsp3) is 0.571. The van der Waals surface area contributed by atoms with Gasteiger partial charge < -0.3 is 4.90 Å². The van der Waals surface area contributed by atoms with Crippen LogP contribution in [0.5, 0.6) is 0 Å². The summed E-state index contributed by atoms with van der Waals surface area (Å²) in [5.41, 5.74) is 0.796. The summed E-state index contributed by atoms with van der Waals surface area (Å²) in [5.74, 6) is 0. The molecule has 1 aliphatic heterocycles. The molecule has 1 aromatic rings. The van der Waals surface area contributed by atoms with Crippen molar-refractivity contribution in [2.45, 2.75) is 25.2 Å². The van der Waals surface area contributed by atoms with Crippen LogP contribution in [0, 0.1) is 6.92 Å². The van der Waals surface area contributed by atoms with Crippen molar-refractivity contribution < 1.29 is 8.42 Å². The Morgan fingerprint density at radius 2 is 1.85 bits per heavy atom. The van der Waals surface area contributed by atoms with Crippen molar-refractivity contribution in [3.05, 3.63) is 28.2 Å². The largest absolute Gasteiger partial charge is 0.301 e. The third-order valence-corrected chi connectivity index (χ3v) is 6.17. The Morgan fingerprint density at radius 1 is 1.20 bits per heavy atom. The third-order valence-electron chi connectivity index (χ3n) is 3.64. The van der Waals surface area contributed by atoms with Crippen LogP contribution in [-0.4, -0.2) is 50.3 Å². The lowest BCUT2D eigenvalue weighted by atomic mass is 10.2. The van der Waals surface area contributed by atoms with Crippen molar-refractivity contribution in [2.24, 2.45) is 0 Å². The molecule has 0 radical (unpaired) electrons. The van der Waals surface area contributed by atoms with E-state index >= 15 is 0 Å². The van der Waals surface area contributed by atoms with E-state index in [1.807, 2.05) is 19.1 Å². The molecule has 1 heterocycles. The highest BCUT2D eigenvalue weighted by molar-refractivity contribution is 9.10. The first-order valence-electron chi connectivity index (χ1n) is 6.94. The molecule has 1 fully saturated rings. The Hall–Kier alpha value is -0.430. The number of nitrogens with zero attached hydrogens (tertiary/aromatic N) is 2. The molecular formula is C14H21BrN2O2S. The number of hydrogen-bond donors (Lipinski definition) is 0. The summed E-state index contributed by atoms with van der Waals surface area (Å²) in [6.07, 6.45) is 1.11. The van der Waals surface area contributed by atoms with Gasteiger partial charge in [-0.25, -0.2) is 8.42 Å². The van der Waals surface area contributed by atoms with Crippen LogP contribution in [0.25, 0.3) is 0 Å². The number of piperazine rings is 1. The predicted octanol–water partition coefficient (Wildman–Crippen LogP) is 2.47. The highest BCUT2D eigenvalue weighted by Gasteiger charge is 2.29. The number of aryl methyl sites for hydroxylation is 1. The van der Waals surface area contributed by atoms with Crippen LogP contribution in [-0.2, 0) is 10.0 Å². The SMILES string of the molecule is CCCN1CCN(S(=O)(=O)c2cc(Br)ccc2C)CC1. The summed E-state index contributed by atoms with van der Waals surface area (Å²) in [5, 5.41) is 0. The van der Waals surface area contributed by atoms with Crippen molar-refractivity contribution >= 4 is 26.0 Å². The lowest BCUT2D eigenvalue weighted by molar-refractivity contribution is 0.188. The molecule has 0 bridgehead atoms. The van der Waals surface area contributed by atoms with Crippen LogP contribution < -0.4 is 0 Å². The molecule has 0 unspecified atom stereocenters. The molecule has 0 N–H and O–H groups in total. The van der Waals surface area contributed by atoms with Gasteiger partial charge in [0.2, 0.25) is 10.0 Å². The van der Waals surface area contributed by atoms with Crippen molar-refractivity contribution in [1.82, 2.24) is 9.21 Å². The van der Waals surface area contributed by atoms with E-state index in [2.05, 4.69) is 27.8 Å². The van der Waals surface area contributed by atoms with E-state index in [4.69, 9.17) is 0 Å². The van der Waals surface area contributed by atoms with E-state index in [1.54, 1.807) is 10.4 Å². The molecule has 0 atom stereocenters. The zero-order valence-corrected chi connectivity index (χ0v) is 14.4. The summed E-state index contributed by atoms with van der Waals surface area (Å²) in [4.78, 5) is 2.73. The van der Waals surface area contributed by atoms with Gasteiger partial charge in [0.25, 0.3) is 0 Å². The lowest BCUT2D eigenvalue weighted by Crippen LogP contribution is -2.48. The van der Waals surface area contributed by atoms with Gasteiger partial charge in [-0.3, -0.25) is 0 Å². The van der Waals surface area contributed by atoms with E-state index in [-0.39, 0.29) is 0 Å². The molecule has 0 aliphatic carbocycles. The number of sulfonamides is 1. The molecular weight excluding hydrogens is 340 g/mol. The van der Waals surface area contributed by atoms with Gasteiger partial charge in [-0.2, -0.15) is 4.31 Å². The van der Waals surface area contributed by atoms with Gasteiger partial charge in [0.15, 0.2) is 0 Å². The maximum atomic E-state index is 12.7. The number of halogens is 1. The predicted molar refractivity (Wildman–Crippen MR) is 84.4 cm³/mol. The molecule has 0 aromatic heterocycles. The molecule has 0 saturated carbocycles. The topological polar surface area (TPSA) is 40.6 Å². The summed E-state index contributed by atoms with van der Waals surface area (Å²) < 4.78 is 27.8. The maximum Gasteiger partial charge on any atom is 0.243 e. The van der Waals surface area contributed by atoms with Crippen LogP contribution in [0.1, 0.15) is 18.9 Å². The van der Waals surface area contributed by atoms with Crippen LogP contribution in [0.15, 0.2) is 27.6 Å². The fourth-order valence-corrected chi connectivity index (χ4v) is 4.69. The molecule has 0 amide bonds. The van der Waals surface area contributed by atoms with E-state index in [1.165, 1.54) is 0 Å². The van der Waals surface area contributed by atoms with E-state index < -0.39 is 10.0 Å². The van der Waals surface area contributed by atoms with Gasteiger partial charge in [0.05, 0.1) is 4.90 Å². The average molecular weight is 361 g/mol. The van der Waals surface area contributed by atoms with Gasteiger partial charge in [0.1, 0.15) is 0 Å². The first-order chi connectivity index (χ1) is 9.45. The Balaban J connectivity index is 2.18. The molecule has 112 valence electrons. The summed E-state index contributed by atoms with van der Waals surface area (Å²) in [6.45, 7) is 7.83. The molecule has 1 aliphatic rings. The van der Waals surface area contributed by atoms with Gasteiger partial charge in [0, 0.05) is 30.7 Å². The fourth-order valence-electron chi connectivity index (χ4n) is 2.50. The smallest absolute Gasteiger partial charge is 0.243 e.